The van der Waals surface area contributed by atoms with Crippen molar-refractivity contribution in [3.05, 3.63) is 40.2 Å². The molecule has 2 fully saturated rings. The van der Waals surface area contributed by atoms with E-state index in [9.17, 15) is 9.59 Å². The van der Waals surface area contributed by atoms with E-state index in [4.69, 9.17) is 4.74 Å². The number of fused-ring (bicyclic) bond motifs is 1. The van der Waals surface area contributed by atoms with Crippen molar-refractivity contribution in [3.63, 3.8) is 0 Å². The van der Waals surface area contributed by atoms with Crippen LogP contribution in [-0.2, 0) is 11.3 Å². The van der Waals surface area contributed by atoms with Gasteiger partial charge < -0.3 is 19.1 Å². The Hall–Kier alpha value is -2.34. The molecule has 0 bridgehead atoms. The number of benzene rings is 1. The molecule has 1 aromatic carbocycles. The zero-order valence-corrected chi connectivity index (χ0v) is 17.7. The number of aromatic nitrogens is 1. The minimum atomic E-state index is 0.0181. The van der Waals surface area contributed by atoms with Crippen LogP contribution in [0.4, 0.5) is 0 Å². The lowest BCUT2D eigenvalue weighted by Gasteiger charge is -2.32. The molecule has 0 atom stereocenters. The van der Waals surface area contributed by atoms with Gasteiger partial charge in [0, 0.05) is 50.2 Å². The van der Waals surface area contributed by atoms with Gasteiger partial charge in [0.05, 0.1) is 5.52 Å². The highest BCUT2D eigenvalue weighted by Gasteiger charge is 2.24. The van der Waals surface area contributed by atoms with Gasteiger partial charge in [0.1, 0.15) is 5.75 Å². The second-order valence-corrected chi connectivity index (χ2v) is 8.80. The standard InChI is InChI=1S/C23H31N3O3/c1-16(2)20-13-22(27)26(14-17-4-5-17)21-12-18(6-7-19(20)21)29-15-23(28)25-10-8-24(3)9-11-25/h6-7,12-13,16-17H,4-5,8-11,14-15H2,1-3H3. The third kappa shape index (κ3) is 4.47. The van der Waals surface area contributed by atoms with E-state index in [1.807, 2.05) is 27.7 Å². The van der Waals surface area contributed by atoms with Gasteiger partial charge in [-0.3, -0.25) is 9.59 Å². The minimum Gasteiger partial charge on any atom is -0.484 e. The molecule has 1 saturated heterocycles. The number of amides is 1. The van der Waals surface area contributed by atoms with Crippen LogP contribution in [0.5, 0.6) is 5.75 Å². The van der Waals surface area contributed by atoms with E-state index in [0.717, 1.165) is 49.2 Å². The van der Waals surface area contributed by atoms with Crippen molar-refractivity contribution in [3.8, 4) is 5.75 Å². The molecule has 4 rings (SSSR count). The molecule has 29 heavy (non-hydrogen) atoms. The number of ether oxygens (including phenoxy) is 1. The zero-order valence-electron chi connectivity index (χ0n) is 17.7. The maximum Gasteiger partial charge on any atom is 0.260 e. The monoisotopic (exact) mass is 397 g/mol. The summed E-state index contributed by atoms with van der Waals surface area (Å²) in [5, 5.41) is 1.10. The molecule has 156 valence electrons. The molecule has 1 aromatic heterocycles. The molecule has 1 aliphatic heterocycles. The van der Waals surface area contributed by atoms with Crippen LogP contribution in [0.3, 0.4) is 0 Å². The number of nitrogens with zero attached hydrogens (tertiary/aromatic N) is 3. The maximum absolute atomic E-state index is 12.8. The van der Waals surface area contributed by atoms with Gasteiger partial charge in [-0.2, -0.15) is 0 Å². The van der Waals surface area contributed by atoms with Crippen molar-refractivity contribution in [1.29, 1.82) is 0 Å². The summed E-state index contributed by atoms with van der Waals surface area (Å²) in [4.78, 5) is 29.4. The first kappa shape index (κ1) is 20.0. The van der Waals surface area contributed by atoms with Crippen molar-refractivity contribution in [1.82, 2.24) is 14.4 Å². The topological polar surface area (TPSA) is 54.8 Å². The van der Waals surface area contributed by atoms with Crippen molar-refractivity contribution < 1.29 is 9.53 Å². The van der Waals surface area contributed by atoms with Gasteiger partial charge in [-0.25, -0.2) is 0 Å². The highest BCUT2D eigenvalue weighted by Crippen LogP contribution is 2.33. The van der Waals surface area contributed by atoms with Gasteiger partial charge in [-0.15, -0.1) is 0 Å². The van der Waals surface area contributed by atoms with Crippen molar-refractivity contribution in [2.45, 2.75) is 39.2 Å². The summed E-state index contributed by atoms with van der Waals surface area (Å²) < 4.78 is 7.73. The molecule has 0 unspecified atom stereocenters. The fourth-order valence-electron chi connectivity index (χ4n) is 3.99. The zero-order chi connectivity index (χ0) is 20.5. The molecule has 1 saturated carbocycles. The summed E-state index contributed by atoms with van der Waals surface area (Å²) >= 11 is 0. The number of carbonyl (C=O) groups excluding carboxylic acids is 1. The third-order valence-electron chi connectivity index (χ3n) is 6.09. The molecule has 0 spiro atoms. The largest absolute Gasteiger partial charge is 0.484 e. The van der Waals surface area contributed by atoms with E-state index in [1.165, 1.54) is 12.8 Å². The van der Waals surface area contributed by atoms with Crippen LogP contribution in [0.1, 0.15) is 38.2 Å². The van der Waals surface area contributed by atoms with Crippen LogP contribution < -0.4 is 10.3 Å². The Kier molecular flexibility index (Phi) is 5.63. The predicted octanol–water partition coefficient (Wildman–Crippen LogP) is 2.69. The van der Waals surface area contributed by atoms with Gasteiger partial charge in [0.25, 0.3) is 11.5 Å². The molecule has 6 nitrogen and oxygen atoms in total. The number of piperazine rings is 1. The van der Waals surface area contributed by atoms with Gasteiger partial charge in [-0.05, 0) is 49.4 Å². The van der Waals surface area contributed by atoms with Crippen LogP contribution in [0, 0.1) is 5.92 Å². The normalized spacial score (nSPS) is 17.9. The van der Waals surface area contributed by atoms with E-state index in [0.29, 0.717) is 11.7 Å². The average molecular weight is 398 g/mol. The lowest BCUT2D eigenvalue weighted by Crippen LogP contribution is -2.48. The van der Waals surface area contributed by atoms with Crippen molar-refractivity contribution in [2.24, 2.45) is 5.92 Å². The molecule has 0 radical (unpaired) electrons. The van der Waals surface area contributed by atoms with Gasteiger partial charge in [0.15, 0.2) is 6.61 Å². The summed E-state index contributed by atoms with van der Waals surface area (Å²) in [5.74, 6) is 1.53. The Labute approximate surface area is 172 Å². The van der Waals surface area contributed by atoms with Gasteiger partial charge in [0.2, 0.25) is 0 Å². The Bertz CT molecular complexity index is 954. The number of rotatable bonds is 6. The molecule has 6 heteroatoms. The van der Waals surface area contributed by atoms with Gasteiger partial charge >= 0.3 is 0 Å². The fourth-order valence-corrected chi connectivity index (χ4v) is 3.99. The summed E-state index contributed by atoms with van der Waals surface area (Å²) in [7, 11) is 2.07. The number of carbonyl (C=O) groups is 1. The first-order valence-electron chi connectivity index (χ1n) is 10.7. The molecule has 0 N–H and O–H groups in total. The first-order chi connectivity index (χ1) is 13.9. The molecular formula is C23H31N3O3. The fraction of sp³-hybridized carbons (Fsp3) is 0.565. The van der Waals surface area contributed by atoms with Crippen molar-refractivity contribution >= 4 is 16.8 Å². The number of hydrogen-bond donors (Lipinski definition) is 0. The second kappa shape index (κ2) is 8.19. The highest BCUT2D eigenvalue weighted by molar-refractivity contribution is 5.85. The van der Waals surface area contributed by atoms with Gasteiger partial charge in [-0.1, -0.05) is 13.8 Å². The SMILES string of the molecule is CC(C)c1cc(=O)n(CC2CC2)c2cc(OCC(=O)N3CCN(C)CC3)ccc12. The van der Waals surface area contributed by atoms with Crippen LogP contribution in [0.25, 0.3) is 10.9 Å². The molecule has 2 aliphatic rings. The second-order valence-electron chi connectivity index (χ2n) is 8.80. The van der Waals surface area contributed by atoms with Crippen LogP contribution in [0.2, 0.25) is 0 Å². The Morgan fingerprint density at radius 2 is 1.86 bits per heavy atom. The van der Waals surface area contributed by atoms with E-state index < -0.39 is 0 Å². The first-order valence-corrected chi connectivity index (χ1v) is 10.7. The van der Waals surface area contributed by atoms with Crippen molar-refractivity contribution in [2.75, 3.05) is 39.8 Å². The van der Waals surface area contributed by atoms with E-state index in [2.05, 4.69) is 25.8 Å². The number of hydrogen-bond acceptors (Lipinski definition) is 4. The number of likely N-dealkylation sites (N-methyl/N-ethyl adjacent to an activating group) is 1. The Morgan fingerprint density at radius 1 is 1.14 bits per heavy atom. The Balaban J connectivity index is 1.57. The summed E-state index contributed by atoms with van der Waals surface area (Å²) in [6, 6.07) is 7.66. The number of pyridine rings is 1. The molecule has 1 aliphatic carbocycles. The Morgan fingerprint density at radius 3 is 2.52 bits per heavy atom. The minimum absolute atomic E-state index is 0.0181. The predicted molar refractivity (Wildman–Crippen MR) is 115 cm³/mol. The van der Waals surface area contributed by atoms with E-state index >= 15 is 0 Å². The third-order valence-corrected chi connectivity index (χ3v) is 6.09. The maximum atomic E-state index is 12.8. The summed E-state index contributed by atoms with van der Waals surface area (Å²) in [6.45, 7) is 8.30. The molecule has 1 amide bonds. The van der Waals surface area contributed by atoms with Crippen LogP contribution >= 0.6 is 0 Å². The molecular weight excluding hydrogens is 366 g/mol. The highest BCUT2D eigenvalue weighted by atomic mass is 16.5. The van der Waals surface area contributed by atoms with Crippen LogP contribution in [-0.4, -0.2) is 60.1 Å². The average Bonchev–Trinajstić information content (AvgIpc) is 3.52. The quantitative estimate of drug-likeness (QED) is 0.752. The lowest BCUT2D eigenvalue weighted by atomic mass is 9.98. The lowest BCUT2D eigenvalue weighted by molar-refractivity contribution is -0.134. The smallest absolute Gasteiger partial charge is 0.260 e. The van der Waals surface area contributed by atoms with Crippen LogP contribution in [0.15, 0.2) is 29.1 Å². The summed E-state index contributed by atoms with van der Waals surface area (Å²) in [5.41, 5.74) is 2.04. The summed E-state index contributed by atoms with van der Waals surface area (Å²) in [6.07, 6.45) is 2.38. The molecule has 2 heterocycles. The molecule has 2 aromatic rings. The van der Waals surface area contributed by atoms with E-state index in [-0.39, 0.29) is 24.0 Å². The van der Waals surface area contributed by atoms with E-state index in [1.54, 1.807) is 6.07 Å².